The molecule has 6 nitrogen and oxygen atoms in total. The van der Waals surface area contributed by atoms with Crippen molar-refractivity contribution in [2.24, 2.45) is 0 Å². The number of unbranched alkanes of at least 4 members (excludes halogenated alkanes) is 1. The molecule has 1 fully saturated rings. The lowest BCUT2D eigenvalue weighted by molar-refractivity contribution is -0.174. The van der Waals surface area contributed by atoms with Crippen LogP contribution in [-0.4, -0.2) is 50.5 Å². The average molecular weight is 394 g/mol. The van der Waals surface area contributed by atoms with Gasteiger partial charge in [-0.1, -0.05) is 13.3 Å². The van der Waals surface area contributed by atoms with Crippen molar-refractivity contribution in [3.05, 3.63) is 24.3 Å². The van der Waals surface area contributed by atoms with E-state index in [1.54, 1.807) is 12.1 Å². The Kier molecular flexibility index (Phi) is 6.51. The molecular formula is C16H21F3N2O4S. The smallest absolute Gasteiger partial charge is 0.471 e. The van der Waals surface area contributed by atoms with E-state index in [4.69, 9.17) is 4.74 Å². The molecule has 2 rings (SSSR count). The largest absolute Gasteiger partial charge is 0.494 e. The zero-order valence-electron chi connectivity index (χ0n) is 14.3. The molecule has 26 heavy (non-hydrogen) atoms. The van der Waals surface area contributed by atoms with Crippen LogP contribution in [0, 0.1) is 0 Å². The summed E-state index contributed by atoms with van der Waals surface area (Å²) in [7, 11) is -3.84. The molecule has 0 radical (unpaired) electrons. The number of nitrogens with one attached hydrogen (secondary N) is 1. The number of halogens is 3. The van der Waals surface area contributed by atoms with E-state index < -0.39 is 28.1 Å². The Morgan fingerprint density at radius 1 is 1.31 bits per heavy atom. The number of alkyl halides is 3. The van der Waals surface area contributed by atoms with Crippen LogP contribution in [0.2, 0.25) is 0 Å². The zero-order chi connectivity index (χ0) is 19.4. The minimum Gasteiger partial charge on any atom is -0.494 e. The molecule has 10 heteroatoms. The quantitative estimate of drug-likeness (QED) is 0.720. The Bertz CT molecular complexity index is 720. The number of carbonyl (C=O) groups excluding carboxylic acids is 1. The fraction of sp³-hybridized carbons (Fsp3) is 0.562. The van der Waals surface area contributed by atoms with Gasteiger partial charge in [0.05, 0.1) is 11.5 Å². The number of carbonyl (C=O) groups is 1. The Morgan fingerprint density at radius 3 is 2.54 bits per heavy atom. The van der Waals surface area contributed by atoms with Crippen molar-refractivity contribution < 1.29 is 31.1 Å². The van der Waals surface area contributed by atoms with Gasteiger partial charge in [0.25, 0.3) is 0 Å². The van der Waals surface area contributed by atoms with Crippen molar-refractivity contribution in [3.63, 3.8) is 0 Å². The molecule has 1 aromatic carbocycles. The molecule has 0 aliphatic carbocycles. The van der Waals surface area contributed by atoms with E-state index in [-0.39, 0.29) is 24.4 Å². The van der Waals surface area contributed by atoms with Gasteiger partial charge >= 0.3 is 12.1 Å². The highest BCUT2D eigenvalue weighted by Gasteiger charge is 2.41. The fourth-order valence-corrected chi connectivity index (χ4v) is 4.02. The summed E-state index contributed by atoms with van der Waals surface area (Å²) in [5, 5.41) is 1.82. The number of benzene rings is 1. The van der Waals surface area contributed by atoms with Crippen LogP contribution in [-0.2, 0) is 14.8 Å². The minimum absolute atomic E-state index is 0.0307. The van der Waals surface area contributed by atoms with Crippen LogP contribution in [0.4, 0.5) is 13.2 Å². The van der Waals surface area contributed by atoms with E-state index in [1.807, 2.05) is 12.2 Å². The molecule has 1 N–H and O–H groups in total. The van der Waals surface area contributed by atoms with Crippen LogP contribution in [0.1, 0.15) is 26.2 Å². The van der Waals surface area contributed by atoms with E-state index in [2.05, 4.69) is 0 Å². The first-order valence-corrected chi connectivity index (χ1v) is 9.69. The van der Waals surface area contributed by atoms with Crippen LogP contribution >= 0.6 is 0 Å². The third-order valence-electron chi connectivity index (χ3n) is 3.97. The van der Waals surface area contributed by atoms with Crippen molar-refractivity contribution in [1.29, 1.82) is 0 Å². The lowest BCUT2D eigenvalue weighted by Crippen LogP contribution is -2.44. The van der Waals surface area contributed by atoms with Crippen LogP contribution < -0.4 is 10.1 Å². The van der Waals surface area contributed by atoms with Crippen LogP contribution in [0.15, 0.2) is 29.2 Å². The second-order valence-corrected chi connectivity index (χ2v) is 7.93. The maximum atomic E-state index is 12.6. The molecule has 0 bridgehead atoms. The Morgan fingerprint density at radius 2 is 1.96 bits per heavy atom. The molecule has 0 aromatic heterocycles. The van der Waals surface area contributed by atoms with Gasteiger partial charge in [-0.25, -0.2) is 8.42 Å². The highest BCUT2D eigenvalue weighted by molar-refractivity contribution is 7.89. The molecule has 0 spiro atoms. The van der Waals surface area contributed by atoms with Crippen molar-refractivity contribution in [1.82, 2.24) is 9.62 Å². The Balaban J connectivity index is 1.99. The summed E-state index contributed by atoms with van der Waals surface area (Å²) in [5.74, 6) is -1.51. The maximum absolute atomic E-state index is 12.6. The van der Waals surface area contributed by atoms with Gasteiger partial charge in [-0.2, -0.15) is 17.5 Å². The molecule has 1 heterocycles. The van der Waals surface area contributed by atoms with Crippen LogP contribution in [0.5, 0.6) is 5.75 Å². The lowest BCUT2D eigenvalue weighted by atomic mass is 10.2. The normalized spacial score (nSPS) is 18.7. The second-order valence-electron chi connectivity index (χ2n) is 5.99. The second kappa shape index (κ2) is 8.26. The summed E-state index contributed by atoms with van der Waals surface area (Å²) in [4.78, 5) is 11.0. The predicted molar refractivity (Wildman–Crippen MR) is 88.2 cm³/mol. The maximum Gasteiger partial charge on any atom is 0.471 e. The minimum atomic E-state index is -4.99. The van der Waals surface area contributed by atoms with E-state index in [1.165, 1.54) is 12.1 Å². The summed E-state index contributed by atoms with van der Waals surface area (Å²) in [6.07, 6.45) is -2.99. The number of hydrogen-bond acceptors (Lipinski definition) is 4. The molecule has 1 amide bonds. The summed E-state index contributed by atoms with van der Waals surface area (Å²) in [6.45, 7) is 2.41. The molecular weight excluding hydrogens is 373 g/mol. The van der Waals surface area contributed by atoms with Crippen molar-refractivity contribution in [3.8, 4) is 5.75 Å². The van der Waals surface area contributed by atoms with Gasteiger partial charge in [0.15, 0.2) is 0 Å². The van der Waals surface area contributed by atoms with E-state index in [0.717, 1.165) is 17.1 Å². The number of rotatable bonds is 7. The molecule has 1 aliphatic heterocycles. The van der Waals surface area contributed by atoms with E-state index in [9.17, 15) is 26.4 Å². The SMILES string of the molecule is CCCCOc1ccc(S(=O)(=O)N2CCC(NC(=O)C(F)(F)F)C2)cc1. The zero-order valence-corrected chi connectivity index (χ0v) is 15.1. The van der Waals surface area contributed by atoms with Gasteiger partial charge in [-0.05, 0) is 37.1 Å². The summed E-state index contributed by atoms with van der Waals surface area (Å²) >= 11 is 0. The molecule has 1 saturated heterocycles. The van der Waals surface area contributed by atoms with Gasteiger partial charge in [-0.15, -0.1) is 0 Å². The van der Waals surface area contributed by atoms with Gasteiger partial charge in [0.2, 0.25) is 10.0 Å². The molecule has 1 unspecified atom stereocenters. The van der Waals surface area contributed by atoms with E-state index in [0.29, 0.717) is 12.4 Å². The third-order valence-corrected chi connectivity index (χ3v) is 5.85. The van der Waals surface area contributed by atoms with Gasteiger partial charge in [0, 0.05) is 19.1 Å². The molecule has 0 saturated carbocycles. The first kappa shape index (κ1) is 20.5. The number of ether oxygens (including phenoxy) is 1. The van der Waals surface area contributed by atoms with Crippen LogP contribution in [0.3, 0.4) is 0 Å². The van der Waals surface area contributed by atoms with E-state index >= 15 is 0 Å². The highest BCUT2D eigenvalue weighted by atomic mass is 32.2. The summed E-state index contributed by atoms with van der Waals surface area (Å²) in [5.41, 5.74) is 0. The first-order valence-electron chi connectivity index (χ1n) is 8.25. The number of nitrogens with zero attached hydrogens (tertiary/aromatic N) is 1. The lowest BCUT2D eigenvalue weighted by Gasteiger charge is -2.18. The summed E-state index contributed by atoms with van der Waals surface area (Å²) < 4.78 is 68.6. The number of hydrogen-bond donors (Lipinski definition) is 1. The van der Waals surface area contributed by atoms with Crippen molar-refractivity contribution in [2.45, 2.75) is 43.3 Å². The predicted octanol–water partition coefficient (Wildman–Crippen LogP) is 2.31. The first-order chi connectivity index (χ1) is 12.1. The van der Waals surface area contributed by atoms with Gasteiger partial charge in [0.1, 0.15) is 5.75 Å². The number of amides is 1. The Hall–Kier alpha value is -1.81. The van der Waals surface area contributed by atoms with Crippen LogP contribution in [0.25, 0.3) is 0 Å². The molecule has 1 atom stereocenters. The monoisotopic (exact) mass is 394 g/mol. The highest BCUT2D eigenvalue weighted by Crippen LogP contribution is 2.24. The molecule has 1 aliphatic rings. The van der Waals surface area contributed by atoms with Gasteiger partial charge in [-0.3, -0.25) is 4.79 Å². The standard InChI is InChI=1S/C16H21F3N2O4S/c1-2-3-10-25-13-4-6-14(7-5-13)26(23,24)21-9-8-12(11-21)20-15(22)16(17,18)19/h4-7,12H,2-3,8-11H2,1H3,(H,20,22). The average Bonchev–Trinajstić information content (AvgIpc) is 3.04. The Labute approximate surface area is 150 Å². The topological polar surface area (TPSA) is 75.7 Å². The number of sulfonamides is 1. The molecule has 1 aromatic rings. The van der Waals surface area contributed by atoms with Gasteiger partial charge < -0.3 is 10.1 Å². The van der Waals surface area contributed by atoms with Crippen molar-refractivity contribution in [2.75, 3.05) is 19.7 Å². The third kappa shape index (κ3) is 5.10. The fourth-order valence-electron chi connectivity index (χ4n) is 2.52. The summed E-state index contributed by atoms with van der Waals surface area (Å²) in [6, 6.07) is 5.02. The van der Waals surface area contributed by atoms with Crippen molar-refractivity contribution >= 4 is 15.9 Å². The molecule has 146 valence electrons.